The molecule has 54 heavy (non-hydrogen) atoms. The molecule has 2 aromatic heterocycles. The molecule has 0 fully saturated rings. The Morgan fingerprint density at radius 1 is 0.556 bits per heavy atom. The molecular formula is C40H46N6O8. The van der Waals surface area contributed by atoms with Crippen molar-refractivity contribution in [1.82, 2.24) is 31.2 Å². The van der Waals surface area contributed by atoms with Gasteiger partial charge in [-0.2, -0.15) is 0 Å². The third-order valence-corrected chi connectivity index (χ3v) is 7.87. The lowest BCUT2D eigenvalue weighted by Crippen LogP contribution is -2.51. The van der Waals surface area contributed by atoms with Crippen LogP contribution in [-0.2, 0) is 63.9 Å². The Morgan fingerprint density at radius 2 is 1.02 bits per heavy atom. The number of ether oxygens (including phenoxy) is 2. The highest BCUT2D eigenvalue weighted by molar-refractivity contribution is 5.92. The molecule has 4 aromatic rings. The predicted octanol–water partition coefficient (Wildman–Crippen LogP) is 2.06. The maximum absolute atomic E-state index is 12.4. The number of nitrogens with one attached hydrogen (secondary N) is 4. The maximum Gasteiger partial charge on any atom is 0.328 e. The fourth-order valence-corrected chi connectivity index (χ4v) is 5.04. The van der Waals surface area contributed by atoms with Crippen LogP contribution in [-0.4, -0.2) is 83.9 Å². The molecule has 4 atom stereocenters. The molecule has 0 radical (unpaired) electrons. The number of rotatable bonds is 16. The van der Waals surface area contributed by atoms with Gasteiger partial charge in [0.25, 0.3) is 0 Å². The fraction of sp³-hybridized carbons (Fsp3) is 0.300. The maximum atomic E-state index is 12.4. The van der Waals surface area contributed by atoms with Crippen molar-refractivity contribution in [2.45, 2.75) is 63.7 Å². The van der Waals surface area contributed by atoms with E-state index in [1.807, 2.05) is 60.7 Å². The summed E-state index contributed by atoms with van der Waals surface area (Å²) in [6.07, 6.45) is 5.61. The highest BCUT2D eigenvalue weighted by Gasteiger charge is 2.26. The van der Waals surface area contributed by atoms with Gasteiger partial charge < -0.3 is 30.7 Å². The van der Waals surface area contributed by atoms with Gasteiger partial charge in [0.15, 0.2) is 0 Å². The topological polar surface area (TPSA) is 195 Å². The lowest BCUT2D eigenvalue weighted by atomic mass is 10.1. The van der Waals surface area contributed by atoms with Gasteiger partial charge in [-0.3, -0.25) is 29.1 Å². The van der Waals surface area contributed by atoms with Crippen LogP contribution in [0, 0.1) is 0 Å². The number of methoxy groups -OCH3 is 2. The normalized spacial score (nSPS) is 12.5. The number of aromatic nitrogens is 2. The summed E-state index contributed by atoms with van der Waals surface area (Å²) in [7, 11) is 2.54. The van der Waals surface area contributed by atoms with Crippen LogP contribution in [0.1, 0.15) is 36.2 Å². The minimum atomic E-state index is -0.833. The van der Waals surface area contributed by atoms with E-state index in [1.54, 1.807) is 62.8 Å². The quantitative estimate of drug-likeness (QED) is 0.124. The molecule has 2 aromatic carbocycles. The van der Waals surface area contributed by atoms with Gasteiger partial charge in [0, 0.05) is 37.1 Å². The van der Waals surface area contributed by atoms with Crippen molar-refractivity contribution < 1.29 is 38.2 Å². The van der Waals surface area contributed by atoms with Crippen molar-refractivity contribution >= 4 is 35.6 Å². The molecule has 0 aliphatic rings. The molecule has 0 bridgehead atoms. The van der Waals surface area contributed by atoms with E-state index in [-0.39, 0.29) is 24.7 Å². The van der Waals surface area contributed by atoms with E-state index in [9.17, 15) is 28.8 Å². The molecule has 14 heteroatoms. The average molecular weight is 739 g/mol. The van der Waals surface area contributed by atoms with Crippen LogP contribution in [0.3, 0.4) is 0 Å². The molecular weight excluding hydrogens is 692 g/mol. The van der Waals surface area contributed by atoms with Gasteiger partial charge in [0.05, 0.1) is 27.1 Å². The summed E-state index contributed by atoms with van der Waals surface area (Å²) < 4.78 is 9.55. The molecule has 4 N–H and O–H groups in total. The van der Waals surface area contributed by atoms with Gasteiger partial charge in [-0.25, -0.2) is 9.59 Å². The van der Waals surface area contributed by atoms with Crippen molar-refractivity contribution in [2.75, 3.05) is 14.2 Å². The van der Waals surface area contributed by atoms with Crippen LogP contribution in [0.25, 0.3) is 0 Å². The molecule has 0 saturated heterocycles. The van der Waals surface area contributed by atoms with Crippen LogP contribution in [0.5, 0.6) is 0 Å². The van der Waals surface area contributed by atoms with E-state index >= 15 is 0 Å². The van der Waals surface area contributed by atoms with Gasteiger partial charge in [-0.15, -0.1) is 0 Å². The smallest absolute Gasteiger partial charge is 0.328 e. The molecule has 0 aliphatic heterocycles. The van der Waals surface area contributed by atoms with Crippen molar-refractivity contribution in [2.24, 2.45) is 0 Å². The Labute approximate surface area is 314 Å². The monoisotopic (exact) mass is 738 g/mol. The average Bonchev–Trinajstić information content (AvgIpc) is 3.18. The van der Waals surface area contributed by atoms with Crippen molar-refractivity contribution in [3.05, 3.63) is 132 Å². The molecule has 0 saturated carbocycles. The van der Waals surface area contributed by atoms with Crippen LogP contribution in [0.4, 0.5) is 0 Å². The number of carbonyl (C=O) groups excluding carboxylic acids is 6. The Kier molecular flexibility index (Phi) is 17.5. The highest BCUT2D eigenvalue weighted by atomic mass is 16.5. The van der Waals surface area contributed by atoms with Gasteiger partial charge in [0.2, 0.25) is 23.6 Å². The number of carbonyl (C=O) groups is 6. The van der Waals surface area contributed by atoms with Gasteiger partial charge in [-0.1, -0.05) is 72.8 Å². The molecule has 284 valence electrons. The molecule has 4 rings (SSSR count). The first-order valence-electron chi connectivity index (χ1n) is 17.2. The third kappa shape index (κ3) is 15.0. The minimum Gasteiger partial charge on any atom is -0.467 e. The second-order valence-corrected chi connectivity index (χ2v) is 12.2. The number of benzene rings is 2. The van der Waals surface area contributed by atoms with Crippen LogP contribution in [0.2, 0.25) is 0 Å². The molecule has 0 spiro atoms. The molecule has 2 heterocycles. The number of pyridine rings is 2. The Bertz CT molecular complexity index is 1660. The summed E-state index contributed by atoms with van der Waals surface area (Å²) in [5.74, 6) is -2.63. The zero-order valence-corrected chi connectivity index (χ0v) is 30.7. The summed E-state index contributed by atoms with van der Waals surface area (Å²) in [5.41, 5.74) is 3.14. The van der Waals surface area contributed by atoms with Crippen molar-refractivity contribution in [1.29, 1.82) is 0 Å². The highest BCUT2D eigenvalue weighted by Crippen LogP contribution is 2.07. The standard InChI is InChI=1S/2C20H23N3O4/c1-14(22-18(24)13-16-10-6-7-11-21-16)19(25)23-17(20(26)27-2)12-15-8-4-3-5-9-15;1-14(22-18(24)12-16-9-6-10-21-13-16)19(25)23-17(20(26)27-2)11-15-7-4-3-5-8-15/h3-11,14,17H,12-13H2,1-2H3,(H,22,24)(H,23,25);3-10,13-14,17H,11-12H2,1-2H3,(H,22,24)(H,23,25)/t2*14-,17-/m00/s1. The lowest BCUT2D eigenvalue weighted by Gasteiger charge is -2.20. The number of esters is 2. The summed E-state index contributed by atoms with van der Waals surface area (Å²) >= 11 is 0. The summed E-state index contributed by atoms with van der Waals surface area (Å²) in [6.45, 7) is 3.12. The van der Waals surface area contributed by atoms with E-state index in [2.05, 4.69) is 31.2 Å². The number of hydrogen-bond donors (Lipinski definition) is 4. The Balaban J connectivity index is 0.000000290. The summed E-state index contributed by atoms with van der Waals surface area (Å²) in [5, 5.41) is 10.5. The van der Waals surface area contributed by atoms with Crippen molar-refractivity contribution in [3.8, 4) is 0 Å². The fourth-order valence-electron chi connectivity index (χ4n) is 5.04. The first kappa shape index (κ1) is 42.0. The van der Waals surface area contributed by atoms with E-state index in [0.717, 1.165) is 16.7 Å². The minimum absolute atomic E-state index is 0.0723. The third-order valence-electron chi connectivity index (χ3n) is 7.87. The Morgan fingerprint density at radius 3 is 1.44 bits per heavy atom. The lowest BCUT2D eigenvalue weighted by molar-refractivity contribution is -0.145. The largest absolute Gasteiger partial charge is 0.467 e. The van der Waals surface area contributed by atoms with Crippen LogP contribution in [0.15, 0.2) is 110 Å². The van der Waals surface area contributed by atoms with E-state index in [1.165, 1.54) is 14.2 Å². The number of nitrogens with zero attached hydrogens (tertiary/aromatic N) is 2. The second kappa shape index (κ2) is 22.5. The molecule has 0 unspecified atom stereocenters. The van der Waals surface area contributed by atoms with Crippen LogP contribution < -0.4 is 21.3 Å². The second-order valence-electron chi connectivity index (χ2n) is 12.2. The zero-order chi connectivity index (χ0) is 39.3. The van der Waals surface area contributed by atoms with E-state index in [4.69, 9.17) is 9.47 Å². The Hall–Kier alpha value is -6.44. The van der Waals surface area contributed by atoms with Gasteiger partial charge in [-0.05, 0) is 48.7 Å². The zero-order valence-electron chi connectivity index (χ0n) is 30.7. The van der Waals surface area contributed by atoms with Crippen molar-refractivity contribution in [3.63, 3.8) is 0 Å². The molecule has 4 amide bonds. The predicted molar refractivity (Wildman–Crippen MR) is 199 cm³/mol. The first-order chi connectivity index (χ1) is 26.0. The number of hydrogen-bond acceptors (Lipinski definition) is 10. The van der Waals surface area contributed by atoms with Gasteiger partial charge in [0.1, 0.15) is 24.2 Å². The summed E-state index contributed by atoms with van der Waals surface area (Å²) in [4.78, 5) is 81.0. The van der Waals surface area contributed by atoms with Gasteiger partial charge >= 0.3 is 11.9 Å². The van der Waals surface area contributed by atoms with E-state index < -0.39 is 47.9 Å². The molecule has 14 nitrogen and oxygen atoms in total. The first-order valence-corrected chi connectivity index (χ1v) is 17.2. The van der Waals surface area contributed by atoms with Crippen LogP contribution >= 0.6 is 0 Å². The van der Waals surface area contributed by atoms with E-state index in [0.29, 0.717) is 18.5 Å². The SMILES string of the molecule is COC(=O)[C@H](Cc1ccccc1)NC(=O)[C@H](C)NC(=O)Cc1ccccn1.COC(=O)[C@H](Cc1ccccc1)NC(=O)[C@H](C)NC(=O)Cc1cccnc1. The summed E-state index contributed by atoms with van der Waals surface area (Å²) in [6, 6.07) is 24.1. The number of amides is 4. The molecule has 0 aliphatic carbocycles.